The molecular weight excluding hydrogens is 228 g/mol. The summed E-state index contributed by atoms with van der Waals surface area (Å²) in [5.74, 6) is 2.74. The molecule has 1 rings (SSSR count). The Morgan fingerprint density at radius 2 is 2.22 bits per heavy atom. The Balaban J connectivity index is 2.89. The Hall–Kier alpha value is -1.95. The first-order valence-electron chi connectivity index (χ1n) is 5.95. The number of hydrogen-bond donors (Lipinski definition) is 1. The zero-order chi connectivity index (χ0) is 13.5. The van der Waals surface area contributed by atoms with Gasteiger partial charge in [0.15, 0.2) is 0 Å². The highest BCUT2D eigenvalue weighted by molar-refractivity contribution is 5.67. The molecule has 0 fully saturated rings. The zero-order valence-corrected chi connectivity index (χ0v) is 10.8. The molecule has 0 amide bonds. The molecule has 0 atom stereocenters. The van der Waals surface area contributed by atoms with Gasteiger partial charge in [0.2, 0.25) is 0 Å². The van der Waals surface area contributed by atoms with Crippen LogP contribution in [-0.2, 0) is 11.2 Å². The van der Waals surface area contributed by atoms with E-state index in [0.717, 1.165) is 16.9 Å². The summed E-state index contributed by atoms with van der Waals surface area (Å²) in [5, 5.41) is 8.68. The average Bonchev–Trinajstić information content (AvgIpc) is 2.34. The van der Waals surface area contributed by atoms with Gasteiger partial charge in [-0.1, -0.05) is 31.9 Å². The van der Waals surface area contributed by atoms with Gasteiger partial charge in [0, 0.05) is 6.42 Å². The number of carbonyl (C=O) groups is 1. The smallest absolute Gasteiger partial charge is 0.303 e. The van der Waals surface area contributed by atoms with Crippen molar-refractivity contribution in [2.75, 3.05) is 6.61 Å². The van der Waals surface area contributed by atoms with Gasteiger partial charge in [0.1, 0.15) is 12.4 Å². The molecule has 0 saturated carbocycles. The third-order valence-corrected chi connectivity index (χ3v) is 2.63. The lowest BCUT2D eigenvalue weighted by atomic mass is 9.98. The number of carboxylic acid groups (broad SMARTS) is 1. The normalized spacial score (nSPS) is 10.1. The molecule has 0 radical (unpaired) electrons. The van der Waals surface area contributed by atoms with Crippen LogP contribution in [0.25, 0.3) is 0 Å². The van der Waals surface area contributed by atoms with E-state index in [4.69, 9.17) is 16.3 Å². The van der Waals surface area contributed by atoms with Gasteiger partial charge in [0.05, 0.1) is 0 Å². The fourth-order valence-electron chi connectivity index (χ4n) is 1.71. The molecule has 0 saturated heterocycles. The Labute approximate surface area is 108 Å². The first-order valence-corrected chi connectivity index (χ1v) is 5.95. The van der Waals surface area contributed by atoms with E-state index in [1.165, 1.54) is 0 Å². The van der Waals surface area contributed by atoms with Gasteiger partial charge >= 0.3 is 5.97 Å². The van der Waals surface area contributed by atoms with Gasteiger partial charge in [-0.25, -0.2) is 0 Å². The van der Waals surface area contributed by atoms with Crippen molar-refractivity contribution in [1.29, 1.82) is 0 Å². The van der Waals surface area contributed by atoms with E-state index < -0.39 is 5.97 Å². The standard InChI is InChI=1S/C15H18O3/c1-4-9-18-14-7-5-12(6-8-15(16)17)10-13(14)11(2)3/h1,5,7,10-11H,6,8-9H2,2-3H3,(H,16,17). The van der Waals surface area contributed by atoms with Crippen molar-refractivity contribution in [2.45, 2.75) is 32.6 Å². The number of carboxylic acids is 1. The summed E-state index contributed by atoms with van der Waals surface area (Å²) < 4.78 is 5.48. The molecule has 0 aliphatic rings. The van der Waals surface area contributed by atoms with E-state index in [0.29, 0.717) is 12.3 Å². The molecule has 0 heterocycles. The van der Waals surface area contributed by atoms with Crippen molar-refractivity contribution >= 4 is 5.97 Å². The molecule has 0 aliphatic carbocycles. The number of aliphatic carboxylic acids is 1. The monoisotopic (exact) mass is 246 g/mol. The van der Waals surface area contributed by atoms with Crippen molar-refractivity contribution in [3.63, 3.8) is 0 Å². The van der Waals surface area contributed by atoms with Crippen LogP contribution in [0, 0.1) is 12.3 Å². The van der Waals surface area contributed by atoms with Gasteiger partial charge in [0.25, 0.3) is 0 Å². The van der Waals surface area contributed by atoms with Crippen LogP contribution in [0.4, 0.5) is 0 Å². The molecule has 0 aliphatic heterocycles. The number of terminal acetylenes is 1. The van der Waals surface area contributed by atoms with E-state index in [2.05, 4.69) is 19.8 Å². The lowest BCUT2D eigenvalue weighted by Crippen LogP contribution is -2.02. The van der Waals surface area contributed by atoms with Gasteiger partial charge in [-0.05, 0) is 29.5 Å². The van der Waals surface area contributed by atoms with Crippen molar-refractivity contribution in [1.82, 2.24) is 0 Å². The predicted octanol–water partition coefficient (Wildman–Crippen LogP) is 2.84. The molecule has 1 aromatic carbocycles. The second-order valence-corrected chi connectivity index (χ2v) is 4.41. The van der Waals surface area contributed by atoms with Crippen LogP contribution in [-0.4, -0.2) is 17.7 Å². The van der Waals surface area contributed by atoms with Gasteiger partial charge in [-0.3, -0.25) is 4.79 Å². The number of aryl methyl sites for hydroxylation is 1. The van der Waals surface area contributed by atoms with Gasteiger partial charge in [-0.2, -0.15) is 0 Å². The molecular formula is C15H18O3. The number of ether oxygens (including phenoxy) is 1. The Morgan fingerprint density at radius 1 is 1.50 bits per heavy atom. The van der Waals surface area contributed by atoms with Crippen LogP contribution < -0.4 is 4.74 Å². The minimum atomic E-state index is -0.784. The second kappa shape index (κ2) is 6.70. The number of hydrogen-bond acceptors (Lipinski definition) is 2. The molecule has 1 aromatic rings. The van der Waals surface area contributed by atoms with Crippen LogP contribution in [0.3, 0.4) is 0 Å². The summed E-state index contributed by atoms with van der Waals surface area (Å²) in [6.07, 6.45) is 5.85. The van der Waals surface area contributed by atoms with Crippen molar-refractivity contribution in [2.24, 2.45) is 0 Å². The largest absolute Gasteiger partial charge is 0.481 e. The van der Waals surface area contributed by atoms with Crippen molar-refractivity contribution in [3.8, 4) is 18.1 Å². The Kier molecular flexibility index (Phi) is 5.26. The fourth-order valence-corrected chi connectivity index (χ4v) is 1.71. The molecule has 96 valence electrons. The van der Waals surface area contributed by atoms with Crippen LogP contribution in [0.1, 0.15) is 37.3 Å². The first-order chi connectivity index (χ1) is 8.54. The zero-order valence-electron chi connectivity index (χ0n) is 10.8. The average molecular weight is 246 g/mol. The lowest BCUT2D eigenvalue weighted by molar-refractivity contribution is -0.136. The SMILES string of the molecule is C#CCOc1ccc(CCC(=O)O)cc1C(C)C. The maximum atomic E-state index is 10.6. The summed E-state index contributed by atoms with van der Waals surface area (Å²) in [5.41, 5.74) is 2.07. The highest BCUT2D eigenvalue weighted by Crippen LogP contribution is 2.28. The molecule has 1 N–H and O–H groups in total. The third kappa shape index (κ3) is 4.14. The number of rotatable bonds is 6. The molecule has 3 nitrogen and oxygen atoms in total. The van der Waals surface area contributed by atoms with E-state index in [1.54, 1.807) is 0 Å². The minimum Gasteiger partial charge on any atom is -0.481 e. The summed E-state index contributed by atoms with van der Waals surface area (Å²) in [6.45, 7) is 4.38. The molecule has 0 spiro atoms. The maximum Gasteiger partial charge on any atom is 0.303 e. The second-order valence-electron chi connectivity index (χ2n) is 4.41. The van der Waals surface area contributed by atoms with Crippen LogP contribution in [0.2, 0.25) is 0 Å². The molecule has 0 aromatic heterocycles. The predicted molar refractivity (Wildman–Crippen MR) is 70.8 cm³/mol. The Morgan fingerprint density at radius 3 is 2.78 bits per heavy atom. The minimum absolute atomic E-state index is 0.141. The van der Waals surface area contributed by atoms with Crippen molar-refractivity contribution in [3.05, 3.63) is 29.3 Å². The summed E-state index contributed by atoms with van der Waals surface area (Å²) in [6, 6.07) is 5.75. The van der Waals surface area contributed by atoms with E-state index in [-0.39, 0.29) is 13.0 Å². The molecule has 0 bridgehead atoms. The lowest BCUT2D eigenvalue weighted by Gasteiger charge is -2.14. The summed E-state index contributed by atoms with van der Waals surface area (Å²) in [7, 11) is 0. The Bertz CT molecular complexity index is 455. The van der Waals surface area contributed by atoms with Gasteiger partial charge < -0.3 is 9.84 Å². The van der Waals surface area contributed by atoms with Crippen LogP contribution >= 0.6 is 0 Å². The molecule has 0 unspecified atom stereocenters. The fraction of sp³-hybridized carbons (Fsp3) is 0.400. The maximum absolute atomic E-state index is 10.6. The third-order valence-electron chi connectivity index (χ3n) is 2.63. The van der Waals surface area contributed by atoms with E-state index in [9.17, 15) is 4.79 Å². The quantitative estimate of drug-likeness (QED) is 0.785. The topological polar surface area (TPSA) is 46.5 Å². The van der Waals surface area contributed by atoms with E-state index in [1.807, 2.05) is 18.2 Å². The summed E-state index contributed by atoms with van der Waals surface area (Å²) >= 11 is 0. The highest BCUT2D eigenvalue weighted by Gasteiger charge is 2.09. The molecule has 18 heavy (non-hydrogen) atoms. The number of benzene rings is 1. The van der Waals surface area contributed by atoms with Gasteiger partial charge in [-0.15, -0.1) is 6.42 Å². The van der Waals surface area contributed by atoms with Crippen molar-refractivity contribution < 1.29 is 14.6 Å². The summed E-state index contributed by atoms with van der Waals surface area (Å²) in [4.78, 5) is 10.6. The molecule has 3 heteroatoms. The van der Waals surface area contributed by atoms with E-state index >= 15 is 0 Å². The highest BCUT2D eigenvalue weighted by atomic mass is 16.5. The van der Waals surface area contributed by atoms with Crippen LogP contribution in [0.15, 0.2) is 18.2 Å². The van der Waals surface area contributed by atoms with Crippen LogP contribution in [0.5, 0.6) is 5.75 Å². The first kappa shape index (κ1) is 14.1.